The molecule has 1 rings (SSSR count). The van der Waals surface area contributed by atoms with E-state index < -0.39 is 0 Å². The summed E-state index contributed by atoms with van der Waals surface area (Å²) in [5.41, 5.74) is 6.64. The van der Waals surface area contributed by atoms with Crippen LogP contribution in [0.4, 0.5) is 5.69 Å². The molecule has 0 saturated heterocycles. The van der Waals surface area contributed by atoms with Crippen molar-refractivity contribution in [1.82, 2.24) is 4.90 Å². The average Bonchev–Trinajstić information content (AvgIpc) is 2.36. The predicted octanol–water partition coefficient (Wildman–Crippen LogP) is 1.38. The number of hydrogen-bond acceptors (Lipinski definition) is 4. The summed E-state index contributed by atoms with van der Waals surface area (Å²) in [7, 11) is 4.77. The number of methoxy groups -OCH3 is 2. The zero-order valence-electron chi connectivity index (χ0n) is 10.6. The third-order valence-electron chi connectivity index (χ3n) is 2.61. The molecule has 0 fully saturated rings. The predicted molar refractivity (Wildman–Crippen MR) is 66.6 cm³/mol. The quantitative estimate of drug-likeness (QED) is 0.805. The molecule has 17 heavy (non-hydrogen) atoms. The van der Waals surface area contributed by atoms with Crippen molar-refractivity contribution < 1.29 is 14.3 Å². The van der Waals surface area contributed by atoms with Crippen molar-refractivity contribution in [2.75, 3.05) is 33.5 Å². The number of nitrogens with zero attached hydrogens (tertiary/aromatic N) is 1. The van der Waals surface area contributed by atoms with Gasteiger partial charge in [0.15, 0.2) is 11.5 Å². The summed E-state index contributed by atoms with van der Waals surface area (Å²) in [4.78, 5) is 13.6. The van der Waals surface area contributed by atoms with Gasteiger partial charge in [-0.1, -0.05) is 0 Å². The molecule has 0 saturated carbocycles. The molecule has 5 nitrogen and oxygen atoms in total. The maximum absolute atomic E-state index is 12.0. The highest BCUT2D eigenvalue weighted by molar-refractivity contribution is 5.99. The van der Waals surface area contributed by atoms with Gasteiger partial charge in [-0.3, -0.25) is 4.79 Å². The Labute approximate surface area is 101 Å². The Hall–Kier alpha value is -1.91. The number of hydrogen-bond donors (Lipinski definition) is 1. The zero-order valence-corrected chi connectivity index (χ0v) is 10.6. The number of carbonyl (C=O) groups excluding carboxylic acids is 1. The molecule has 0 aliphatic carbocycles. The van der Waals surface area contributed by atoms with Crippen LogP contribution in [0.25, 0.3) is 0 Å². The van der Waals surface area contributed by atoms with Gasteiger partial charge >= 0.3 is 0 Å². The third kappa shape index (κ3) is 2.61. The molecule has 0 aliphatic heterocycles. The van der Waals surface area contributed by atoms with Crippen molar-refractivity contribution in [2.45, 2.75) is 6.92 Å². The number of benzene rings is 1. The lowest BCUT2D eigenvalue weighted by Gasteiger charge is -2.17. The number of carbonyl (C=O) groups is 1. The zero-order chi connectivity index (χ0) is 13.0. The molecule has 2 N–H and O–H groups in total. The highest BCUT2D eigenvalue weighted by atomic mass is 16.5. The first-order valence-corrected chi connectivity index (χ1v) is 5.32. The van der Waals surface area contributed by atoms with Gasteiger partial charge in [0, 0.05) is 25.3 Å². The van der Waals surface area contributed by atoms with E-state index in [-0.39, 0.29) is 5.91 Å². The van der Waals surface area contributed by atoms with Gasteiger partial charge in [0.25, 0.3) is 5.91 Å². The fourth-order valence-electron chi connectivity index (χ4n) is 1.43. The third-order valence-corrected chi connectivity index (χ3v) is 2.61. The lowest BCUT2D eigenvalue weighted by Crippen LogP contribution is -2.27. The number of amides is 1. The SMILES string of the molecule is CCN(C)C(=O)c1cc(OC)c(OC)cc1N. The molecular weight excluding hydrogens is 220 g/mol. The minimum atomic E-state index is -0.133. The summed E-state index contributed by atoms with van der Waals surface area (Å²) >= 11 is 0. The molecule has 0 spiro atoms. The van der Waals surface area contributed by atoms with Crippen LogP contribution in [0.1, 0.15) is 17.3 Å². The molecule has 0 aromatic heterocycles. The van der Waals surface area contributed by atoms with Gasteiger partial charge in [-0.05, 0) is 13.0 Å². The van der Waals surface area contributed by atoms with Crippen molar-refractivity contribution >= 4 is 11.6 Å². The Morgan fingerprint density at radius 1 is 1.29 bits per heavy atom. The van der Waals surface area contributed by atoms with E-state index in [4.69, 9.17) is 15.2 Å². The highest BCUT2D eigenvalue weighted by Crippen LogP contribution is 2.32. The van der Waals surface area contributed by atoms with Gasteiger partial charge in [0.1, 0.15) is 0 Å². The molecule has 1 amide bonds. The Morgan fingerprint density at radius 3 is 2.29 bits per heavy atom. The molecule has 1 aromatic rings. The maximum Gasteiger partial charge on any atom is 0.255 e. The molecule has 0 unspecified atom stereocenters. The Balaban J connectivity index is 3.21. The van der Waals surface area contributed by atoms with E-state index in [1.807, 2.05) is 6.92 Å². The van der Waals surface area contributed by atoms with Crippen LogP contribution in [0.2, 0.25) is 0 Å². The molecule has 0 heterocycles. The van der Waals surface area contributed by atoms with E-state index in [2.05, 4.69) is 0 Å². The second-order valence-electron chi connectivity index (χ2n) is 3.61. The van der Waals surface area contributed by atoms with Gasteiger partial charge < -0.3 is 20.1 Å². The highest BCUT2D eigenvalue weighted by Gasteiger charge is 2.17. The summed E-state index contributed by atoms with van der Waals surface area (Å²) in [6.45, 7) is 2.52. The second kappa shape index (κ2) is 5.43. The fraction of sp³-hybridized carbons (Fsp3) is 0.417. The minimum absolute atomic E-state index is 0.133. The maximum atomic E-state index is 12.0. The lowest BCUT2D eigenvalue weighted by atomic mass is 10.1. The van der Waals surface area contributed by atoms with E-state index in [0.29, 0.717) is 29.3 Å². The molecule has 0 bridgehead atoms. The van der Waals surface area contributed by atoms with Crippen LogP contribution >= 0.6 is 0 Å². The van der Waals surface area contributed by atoms with Gasteiger partial charge in [-0.25, -0.2) is 0 Å². The van der Waals surface area contributed by atoms with Crippen LogP contribution in [-0.4, -0.2) is 38.6 Å². The van der Waals surface area contributed by atoms with Crippen molar-refractivity contribution in [1.29, 1.82) is 0 Å². The van der Waals surface area contributed by atoms with Crippen LogP contribution in [0, 0.1) is 0 Å². The first-order chi connectivity index (χ1) is 8.04. The summed E-state index contributed by atoms with van der Waals surface area (Å²) in [6.07, 6.45) is 0. The number of nitrogens with two attached hydrogens (primary N) is 1. The molecule has 5 heteroatoms. The molecule has 1 aromatic carbocycles. The number of nitrogen functional groups attached to an aromatic ring is 1. The van der Waals surface area contributed by atoms with Gasteiger partial charge in [-0.2, -0.15) is 0 Å². The Bertz CT molecular complexity index is 418. The largest absolute Gasteiger partial charge is 0.493 e. The van der Waals surface area contributed by atoms with Crippen molar-refractivity contribution in [2.24, 2.45) is 0 Å². The average molecular weight is 238 g/mol. The Kier molecular flexibility index (Phi) is 4.20. The van der Waals surface area contributed by atoms with Crippen LogP contribution in [-0.2, 0) is 0 Å². The van der Waals surface area contributed by atoms with E-state index >= 15 is 0 Å². The van der Waals surface area contributed by atoms with Crippen LogP contribution in [0.5, 0.6) is 11.5 Å². The second-order valence-corrected chi connectivity index (χ2v) is 3.61. The van der Waals surface area contributed by atoms with Gasteiger partial charge in [0.05, 0.1) is 19.8 Å². The topological polar surface area (TPSA) is 64.8 Å². The van der Waals surface area contributed by atoms with Crippen LogP contribution < -0.4 is 15.2 Å². The van der Waals surface area contributed by atoms with Crippen molar-refractivity contribution in [3.05, 3.63) is 17.7 Å². The molecule has 94 valence electrons. The minimum Gasteiger partial charge on any atom is -0.493 e. The van der Waals surface area contributed by atoms with Gasteiger partial charge in [0.2, 0.25) is 0 Å². The summed E-state index contributed by atoms with van der Waals surface area (Å²) in [5.74, 6) is 0.876. The number of ether oxygens (including phenoxy) is 2. The first kappa shape index (κ1) is 13.2. The molecule has 0 atom stereocenters. The normalized spacial score (nSPS) is 9.88. The smallest absolute Gasteiger partial charge is 0.255 e. The van der Waals surface area contributed by atoms with E-state index in [9.17, 15) is 4.79 Å². The Morgan fingerprint density at radius 2 is 1.82 bits per heavy atom. The van der Waals surface area contributed by atoms with Crippen molar-refractivity contribution in [3.8, 4) is 11.5 Å². The lowest BCUT2D eigenvalue weighted by molar-refractivity contribution is 0.0803. The van der Waals surface area contributed by atoms with E-state index in [0.717, 1.165) is 0 Å². The van der Waals surface area contributed by atoms with E-state index in [1.54, 1.807) is 24.1 Å². The van der Waals surface area contributed by atoms with Gasteiger partial charge in [-0.15, -0.1) is 0 Å². The van der Waals surface area contributed by atoms with Crippen LogP contribution in [0.3, 0.4) is 0 Å². The summed E-state index contributed by atoms with van der Waals surface area (Å²) < 4.78 is 10.3. The van der Waals surface area contributed by atoms with Crippen LogP contribution in [0.15, 0.2) is 12.1 Å². The fourth-order valence-corrected chi connectivity index (χ4v) is 1.43. The molecule has 0 aliphatic rings. The van der Waals surface area contributed by atoms with E-state index in [1.165, 1.54) is 14.2 Å². The monoisotopic (exact) mass is 238 g/mol. The standard InChI is InChI=1S/C12H18N2O3/c1-5-14(2)12(15)8-6-10(16-3)11(17-4)7-9(8)13/h6-7H,5,13H2,1-4H3. The summed E-state index contributed by atoms with van der Waals surface area (Å²) in [6, 6.07) is 3.19. The molecular formula is C12H18N2O3. The summed E-state index contributed by atoms with van der Waals surface area (Å²) in [5, 5.41) is 0. The first-order valence-electron chi connectivity index (χ1n) is 5.32. The van der Waals surface area contributed by atoms with Crippen molar-refractivity contribution in [3.63, 3.8) is 0 Å². The number of anilines is 1. The number of rotatable bonds is 4. The molecule has 0 radical (unpaired) electrons.